The fraction of sp³-hybridized carbons (Fsp3) is 0.562. The van der Waals surface area contributed by atoms with Crippen LogP contribution in [-0.2, 0) is 22.7 Å². The standard InChI is InChI=1S/C16H21NO2/c1-6-9-17-10-7-8-12(17)11-19-14(18)13-15(2,3)16(13,4)5/h1,7-8,10,13H,9,11H2,2-5H3. The van der Waals surface area contributed by atoms with Gasteiger partial charge in [-0.15, -0.1) is 6.42 Å². The molecule has 1 heterocycles. The van der Waals surface area contributed by atoms with Crippen molar-refractivity contribution in [3.8, 4) is 12.3 Å². The van der Waals surface area contributed by atoms with Crippen LogP contribution >= 0.6 is 0 Å². The molecular formula is C16H21NO2. The van der Waals surface area contributed by atoms with Crippen molar-refractivity contribution in [2.24, 2.45) is 16.7 Å². The van der Waals surface area contributed by atoms with E-state index in [2.05, 4.69) is 33.6 Å². The Hall–Kier alpha value is -1.69. The van der Waals surface area contributed by atoms with Gasteiger partial charge in [-0.3, -0.25) is 4.79 Å². The van der Waals surface area contributed by atoms with Crippen LogP contribution in [0.2, 0.25) is 0 Å². The van der Waals surface area contributed by atoms with Gasteiger partial charge in [0.25, 0.3) is 0 Å². The van der Waals surface area contributed by atoms with Crippen molar-refractivity contribution in [3.05, 3.63) is 24.0 Å². The van der Waals surface area contributed by atoms with E-state index >= 15 is 0 Å². The van der Waals surface area contributed by atoms with Gasteiger partial charge in [0.05, 0.1) is 18.2 Å². The molecule has 1 aliphatic carbocycles. The number of rotatable bonds is 4. The highest BCUT2D eigenvalue weighted by Gasteiger charge is 2.69. The van der Waals surface area contributed by atoms with Crippen molar-refractivity contribution in [3.63, 3.8) is 0 Å². The maximum Gasteiger partial charge on any atom is 0.310 e. The van der Waals surface area contributed by atoms with Gasteiger partial charge in [0.15, 0.2) is 0 Å². The molecule has 19 heavy (non-hydrogen) atoms. The number of carbonyl (C=O) groups excluding carboxylic acids is 1. The summed E-state index contributed by atoms with van der Waals surface area (Å²) in [5, 5.41) is 0. The third-order valence-electron chi connectivity index (χ3n) is 4.80. The predicted molar refractivity (Wildman–Crippen MR) is 74.1 cm³/mol. The van der Waals surface area contributed by atoms with Crippen LogP contribution in [0.3, 0.4) is 0 Å². The molecule has 1 aromatic rings. The molecule has 102 valence electrons. The number of ether oxygens (including phenoxy) is 1. The zero-order valence-corrected chi connectivity index (χ0v) is 12.1. The normalized spacial score (nSPS) is 19.7. The van der Waals surface area contributed by atoms with Crippen molar-refractivity contribution < 1.29 is 9.53 Å². The summed E-state index contributed by atoms with van der Waals surface area (Å²) in [6.07, 6.45) is 7.19. The predicted octanol–water partition coefficient (Wildman–Crippen LogP) is 2.85. The van der Waals surface area contributed by atoms with Crippen LogP contribution in [0.1, 0.15) is 33.4 Å². The molecule has 1 aromatic heterocycles. The zero-order chi connectivity index (χ0) is 14.3. The van der Waals surface area contributed by atoms with E-state index in [0.717, 1.165) is 5.69 Å². The summed E-state index contributed by atoms with van der Waals surface area (Å²) in [4.78, 5) is 12.1. The van der Waals surface area contributed by atoms with Crippen molar-refractivity contribution in [2.75, 3.05) is 0 Å². The average Bonchev–Trinajstić information content (AvgIpc) is 2.66. The molecular weight excluding hydrogens is 238 g/mol. The van der Waals surface area contributed by atoms with Crippen molar-refractivity contribution in [2.45, 2.75) is 40.8 Å². The van der Waals surface area contributed by atoms with E-state index in [1.807, 2.05) is 22.9 Å². The van der Waals surface area contributed by atoms with Crippen molar-refractivity contribution >= 4 is 5.97 Å². The van der Waals surface area contributed by atoms with E-state index in [0.29, 0.717) is 6.54 Å². The lowest BCUT2D eigenvalue weighted by Gasteiger charge is -2.08. The molecule has 0 N–H and O–H groups in total. The molecule has 0 radical (unpaired) electrons. The topological polar surface area (TPSA) is 31.2 Å². The van der Waals surface area contributed by atoms with Gasteiger partial charge >= 0.3 is 5.97 Å². The highest BCUT2D eigenvalue weighted by Crippen LogP contribution is 2.68. The molecule has 0 bridgehead atoms. The fourth-order valence-corrected chi connectivity index (χ4v) is 2.85. The maximum atomic E-state index is 12.1. The highest BCUT2D eigenvalue weighted by molar-refractivity contribution is 5.78. The maximum absolute atomic E-state index is 12.1. The number of esters is 1. The first-order valence-corrected chi connectivity index (χ1v) is 6.56. The number of terminal acetylenes is 1. The molecule has 1 fully saturated rings. The van der Waals surface area contributed by atoms with Gasteiger partial charge in [0.2, 0.25) is 0 Å². The Kier molecular flexibility index (Phi) is 3.22. The smallest absolute Gasteiger partial charge is 0.310 e. The van der Waals surface area contributed by atoms with Gasteiger partial charge in [0, 0.05) is 6.20 Å². The van der Waals surface area contributed by atoms with Gasteiger partial charge in [-0.1, -0.05) is 33.6 Å². The number of hydrogen-bond acceptors (Lipinski definition) is 2. The second kappa shape index (κ2) is 4.45. The summed E-state index contributed by atoms with van der Waals surface area (Å²) in [5.41, 5.74) is 0.970. The van der Waals surface area contributed by atoms with Crippen molar-refractivity contribution in [1.82, 2.24) is 4.57 Å². The molecule has 0 spiro atoms. The lowest BCUT2D eigenvalue weighted by atomic mass is 10.0. The minimum Gasteiger partial charge on any atom is -0.459 e. The number of carbonyl (C=O) groups is 1. The molecule has 0 saturated heterocycles. The summed E-state index contributed by atoms with van der Waals surface area (Å²) in [7, 11) is 0. The van der Waals surface area contributed by atoms with E-state index in [4.69, 9.17) is 11.2 Å². The van der Waals surface area contributed by atoms with Crippen LogP contribution in [0.25, 0.3) is 0 Å². The largest absolute Gasteiger partial charge is 0.459 e. The molecule has 3 nitrogen and oxygen atoms in total. The lowest BCUT2D eigenvalue weighted by Crippen LogP contribution is -2.13. The SMILES string of the molecule is C#CCn1cccc1COC(=O)C1C(C)(C)C1(C)C. The molecule has 0 unspecified atom stereocenters. The Morgan fingerprint density at radius 3 is 2.58 bits per heavy atom. The molecule has 1 aliphatic rings. The van der Waals surface area contributed by atoms with E-state index in [1.54, 1.807) is 0 Å². The second-order valence-corrected chi connectivity index (χ2v) is 6.32. The minimum atomic E-state index is -0.108. The minimum absolute atomic E-state index is 0.0176. The summed E-state index contributed by atoms with van der Waals surface area (Å²) in [6.45, 7) is 9.23. The quantitative estimate of drug-likeness (QED) is 0.615. The number of nitrogens with zero attached hydrogens (tertiary/aromatic N) is 1. The van der Waals surface area contributed by atoms with Crippen LogP contribution < -0.4 is 0 Å². The first-order valence-electron chi connectivity index (χ1n) is 6.56. The Balaban J connectivity index is 1.96. The van der Waals surface area contributed by atoms with Crippen LogP contribution in [0.4, 0.5) is 0 Å². The van der Waals surface area contributed by atoms with Crippen LogP contribution in [-0.4, -0.2) is 10.5 Å². The third-order valence-corrected chi connectivity index (χ3v) is 4.80. The molecule has 0 atom stereocenters. The molecule has 0 aromatic carbocycles. The Labute approximate surface area is 114 Å². The first-order chi connectivity index (χ1) is 8.82. The molecule has 0 aliphatic heterocycles. The van der Waals surface area contributed by atoms with Gasteiger partial charge in [-0.05, 0) is 23.0 Å². The van der Waals surface area contributed by atoms with Crippen LogP contribution in [0, 0.1) is 29.1 Å². The van der Waals surface area contributed by atoms with Gasteiger partial charge in [0.1, 0.15) is 6.61 Å². The number of aromatic nitrogens is 1. The molecule has 0 amide bonds. The van der Waals surface area contributed by atoms with Gasteiger partial charge in [-0.25, -0.2) is 0 Å². The Morgan fingerprint density at radius 1 is 1.42 bits per heavy atom. The summed E-state index contributed by atoms with van der Waals surface area (Å²) in [5.74, 6) is 2.46. The third kappa shape index (κ3) is 2.16. The lowest BCUT2D eigenvalue weighted by molar-refractivity contribution is -0.148. The average molecular weight is 259 g/mol. The summed E-state index contributed by atoms with van der Waals surface area (Å²) >= 11 is 0. The Bertz CT molecular complexity index is 517. The monoisotopic (exact) mass is 259 g/mol. The molecule has 1 saturated carbocycles. The first kappa shape index (κ1) is 13.7. The zero-order valence-electron chi connectivity index (χ0n) is 12.1. The Morgan fingerprint density at radius 2 is 2.05 bits per heavy atom. The van der Waals surface area contributed by atoms with Crippen LogP contribution in [0.15, 0.2) is 18.3 Å². The van der Waals surface area contributed by atoms with E-state index in [1.165, 1.54) is 0 Å². The summed E-state index contributed by atoms with van der Waals surface area (Å²) in [6, 6.07) is 3.83. The second-order valence-electron chi connectivity index (χ2n) is 6.32. The van der Waals surface area contributed by atoms with E-state index < -0.39 is 0 Å². The molecule has 3 heteroatoms. The fourth-order valence-electron chi connectivity index (χ4n) is 2.85. The van der Waals surface area contributed by atoms with Gasteiger partial charge < -0.3 is 9.30 Å². The van der Waals surface area contributed by atoms with E-state index in [9.17, 15) is 4.79 Å². The van der Waals surface area contributed by atoms with Crippen molar-refractivity contribution in [1.29, 1.82) is 0 Å². The highest BCUT2D eigenvalue weighted by atomic mass is 16.5. The summed E-state index contributed by atoms with van der Waals surface area (Å²) < 4.78 is 7.35. The van der Waals surface area contributed by atoms with Crippen LogP contribution in [0.5, 0.6) is 0 Å². The van der Waals surface area contributed by atoms with E-state index in [-0.39, 0.29) is 29.3 Å². The van der Waals surface area contributed by atoms with Gasteiger partial charge in [-0.2, -0.15) is 0 Å². The molecule has 2 rings (SSSR count). The number of hydrogen-bond donors (Lipinski definition) is 0.